The molecular formula is C16H20ClFN2O2. The van der Waals surface area contributed by atoms with Gasteiger partial charge < -0.3 is 10.0 Å². The molecule has 1 aliphatic heterocycles. The van der Waals surface area contributed by atoms with Crippen molar-refractivity contribution in [3.05, 3.63) is 34.6 Å². The number of hydrogen-bond acceptors (Lipinski definition) is 3. The first-order valence-corrected chi connectivity index (χ1v) is 8.10. The first kappa shape index (κ1) is 15.7. The maximum atomic E-state index is 13.9. The standard InChI is InChI=1S/C16H20ClFN2O2/c17-11-4-5-12(13(18)10-11)16(22)20-8-6-19(7-9-20)14-2-1-3-15(14)21/h4-5,10,14-15,21H,1-3,6-9H2. The van der Waals surface area contributed by atoms with E-state index in [0.717, 1.165) is 32.4 Å². The molecule has 0 bridgehead atoms. The fraction of sp³-hybridized carbons (Fsp3) is 0.562. The first-order valence-electron chi connectivity index (χ1n) is 7.72. The van der Waals surface area contributed by atoms with E-state index in [0.29, 0.717) is 13.1 Å². The molecule has 3 rings (SSSR count). The molecule has 2 atom stereocenters. The van der Waals surface area contributed by atoms with Crippen molar-refractivity contribution in [2.75, 3.05) is 26.2 Å². The van der Waals surface area contributed by atoms with Gasteiger partial charge in [0.05, 0.1) is 11.7 Å². The van der Waals surface area contributed by atoms with E-state index in [1.54, 1.807) is 4.90 Å². The van der Waals surface area contributed by atoms with Crippen LogP contribution in [0.2, 0.25) is 5.02 Å². The van der Waals surface area contributed by atoms with Crippen molar-refractivity contribution in [2.45, 2.75) is 31.4 Å². The fourth-order valence-electron chi connectivity index (χ4n) is 3.44. The lowest BCUT2D eigenvalue weighted by molar-refractivity contribution is 0.0313. The third-order valence-corrected chi connectivity index (χ3v) is 4.91. The molecule has 0 radical (unpaired) electrons. The average Bonchev–Trinajstić information content (AvgIpc) is 2.93. The van der Waals surface area contributed by atoms with Crippen LogP contribution in [0.25, 0.3) is 0 Å². The first-order chi connectivity index (χ1) is 10.6. The van der Waals surface area contributed by atoms with E-state index in [2.05, 4.69) is 4.90 Å². The third-order valence-electron chi connectivity index (χ3n) is 4.68. The highest BCUT2D eigenvalue weighted by Crippen LogP contribution is 2.25. The molecule has 1 aromatic rings. The summed E-state index contributed by atoms with van der Waals surface area (Å²) >= 11 is 5.72. The molecule has 1 saturated heterocycles. The average molecular weight is 327 g/mol. The number of carbonyl (C=O) groups is 1. The van der Waals surface area contributed by atoms with Gasteiger partial charge in [0.15, 0.2) is 0 Å². The number of aliphatic hydroxyl groups excluding tert-OH is 1. The van der Waals surface area contributed by atoms with Crippen molar-refractivity contribution in [3.63, 3.8) is 0 Å². The molecule has 1 saturated carbocycles. The molecule has 2 aliphatic rings. The Labute approximate surface area is 134 Å². The normalized spacial score (nSPS) is 26.4. The Balaban J connectivity index is 1.62. The highest BCUT2D eigenvalue weighted by atomic mass is 35.5. The van der Waals surface area contributed by atoms with E-state index >= 15 is 0 Å². The minimum absolute atomic E-state index is 0.0683. The Bertz CT molecular complexity index is 561. The quantitative estimate of drug-likeness (QED) is 0.905. The number of aliphatic hydroxyl groups is 1. The maximum Gasteiger partial charge on any atom is 0.256 e. The number of hydrogen-bond donors (Lipinski definition) is 1. The molecule has 2 fully saturated rings. The van der Waals surface area contributed by atoms with Crippen LogP contribution in [0.15, 0.2) is 18.2 Å². The molecule has 22 heavy (non-hydrogen) atoms. The van der Waals surface area contributed by atoms with Gasteiger partial charge >= 0.3 is 0 Å². The zero-order chi connectivity index (χ0) is 15.7. The second kappa shape index (κ2) is 6.52. The number of amides is 1. The molecule has 4 nitrogen and oxygen atoms in total. The summed E-state index contributed by atoms with van der Waals surface area (Å²) in [5.41, 5.74) is 0.0683. The zero-order valence-electron chi connectivity index (χ0n) is 12.3. The summed E-state index contributed by atoms with van der Waals surface area (Å²) in [6, 6.07) is 4.35. The van der Waals surface area contributed by atoms with Crippen molar-refractivity contribution in [1.29, 1.82) is 0 Å². The Hall–Kier alpha value is -1.17. The molecule has 1 N–H and O–H groups in total. The van der Waals surface area contributed by atoms with Gasteiger partial charge in [-0.1, -0.05) is 11.6 Å². The number of benzene rings is 1. The van der Waals surface area contributed by atoms with Crippen molar-refractivity contribution in [2.24, 2.45) is 0 Å². The Morgan fingerprint density at radius 1 is 1.23 bits per heavy atom. The van der Waals surface area contributed by atoms with Crippen molar-refractivity contribution < 1.29 is 14.3 Å². The highest BCUT2D eigenvalue weighted by molar-refractivity contribution is 6.30. The van der Waals surface area contributed by atoms with Crippen molar-refractivity contribution >= 4 is 17.5 Å². The molecule has 120 valence electrons. The van der Waals surface area contributed by atoms with E-state index in [4.69, 9.17) is 11.6 Å². The van der Waals surface area contributed by atoms with E-state index in [9.17, 15) is 14.3 Å². The SMILES string of the molecule is O=C(c1ccc(Cl)cc1F)N1CCN(C2CCCC2O)CC1. The van der Waals surface area contributed by atoms with Crippen LogP contribution in [0.1, 0.15) is 29.6 Å². The lowest BCUT2D eigenvalue weighted by Crippen LogP contribution is -2.53. The lowest BCUT2D eigenvalue weighted by atomic mass is 10.1. The number of piperazine rings is 1. The van der Waals surface area contributed by atoms with Gasteiger partial charge in [-0.05, 0) is 37.5 Å². The molecule has 1 amide bonds. The second-order valence-corrected chi connectivity index (χ2v) is 6.45. The summed E-state index contributed by atoms with van der Waals surface area (Å²) in [4.78, 5) is 16.3. The van der Waals surface area contributed by atoms with E-state index in [1.807, 2.05) is 0 Å². The van der Waals surface area contributed by atoms with Gasteiger partial charge in [-0.2, -0.15) is 0 Å². The van der Waals surface area contributed by atoms with Gasteiger partial charge in [0.2, 0.25) is 0 Å². The fourth-order valence-corrected chi connectivity index (χ4v) is 3.60. The monoisotopic (exact) mass is 326 g/mol. The van der Waals surface area contributed by atoms with Crippen LogP contribution in [0.5, 0.6) is 0 Å². The van der Waals surface area contributed by atoms with Gasteiger partial charge in [0.25, 0.3) is 5.91 Å². The van der Waals surface area contributed by atoms with Crippen LogP contribution in [0, 0.1) is 5.82 Å². The van der Waals surface area contributed by atoms with Crippen LogP contribution in [0.3, 0.4) is 0 Å². The molecule has 0 spiro atoms. The number of nitrogens with zero attached hydrogens (tertiary/aromatic N) is 2. The second-order valence-electron chi connectivity index (χ2n) is 6.02. The molecule has 6 heteroatoms. The molecule has 1 aromatic carbocycles. The van der Waals surface area contributed by atoms with E-state index < -0.39 is 5.82 Å². The summed E-state index contributed by atoms with van der Waals surface area (Å²) in [6.45, 7) is 2.57. The summed E-state index contributed by atoms with van der Waals surface area (Å²) in [6.07, 6.45) is 2.68. The van der Waals surface area contributed by atoms with Crippen LogP contribution in [-0.2, 0) is 0 Å². The van der Waals surface area contributed by atoms with Gasteiger partial charge in [0.1, 0.15) is 5.82 Å². The van der Waals surface area contributed by atoms with Gasteiger partial charge in [-0.3, -0.25) is 9.69 Å². The molecular weight excluding hydrogens is 307 g/mol. The number of carbonyl (C=O) groups excluding carboxylic acids is 1. The molecule has 1 aliphatic carbocycles. The van der Waals surface area contributed by atoms with Crippen molar-refractivity contribution in [3.8, 4) is 0 Å². The minimum Gasteiger partial charge on any atom is -0.391 e. The smallest absolute Gasteiger partial charge is 0.256 e. The van der Waals surface area contributed by atoms with Crippen LogP contribution < -0.4 is 0 Å². The predicted molar refractivity (Wildman–Crippen MR) is 82.5 cm³/mol. The minimum atomic E-state index is -0.578. The summed E-state index contributed by atoms with van der Waals surface area (Å²) in [7, 11) is 0. The number of rotatable bonds is 2. The highest BCUT2D eigenvalue weighted by Gasteiger charge is 2.33. The maximum absolute atomic E-state index is 13.9. The molecule has 2 unspecified atom stereocenters. The Morgan fingerprint density at radius 2 is 1.95 bits per heavy atom. The van der Waals surface area contributed by atoms with Crippen LogP contribution in [0.4, 0.5) is 4.39 Å². The van der Waals surface area contributed by atoms with E-state index in [-0.39, 0.29) is 28.6 Å². The zero-order valence-corrected chi connectivity index (χ0v) is 13.1. The van der Waals surface area contributed by atoms with Crippen LogP contribution in [-0.4, -0.2) is 59.1 Å². The topological polar surface area (TPSA) is 43.8 Å². The Kier molecular flexibility index (Phi) is 4.66. The molecule has 0 aromatic heterocycles. The summed E-state index contributed by atoms with van der Waals surface area (Å²) in [5, 5.41) is 10.3. The summed E-state index contributed by atoms with van der Waals surface area (Å²) in [5.74, 6) is -0.869. The van der Waals surface area contributed by atoms with Crippen LogP contribution >= 0.6 is 11.6 Å². The van der Waals surface area contributed by atoms with Gasteiger partial charge in [-0.15, -0.1) is 0 Å². The van der Waals surface area contributed by atoms with Crippen molar-refractivity contribution in [1.82, 2.24) is 9.80 Å². The summed E-state index contributed by atoms with van der Waals surface area (Å²) < 4.78 is 13.9. The van der Waals surface area contributed by atoms with E-state index in [1.165, 1.54) is 18.2 Å². The third kappa shape index (κ3) is 3.12. The van der Waals surface area contributed by atoms with Gasteiger partial charge in [-0.25, -0.2) is 4.39 Å². The number of halogens is 2. The lowest BCUT2D eigenvalue weighted by Gasteiger charge is -2.39. The van der Waals surface area contributed by atoms with Gasteiger partial charge in [0, 0.05) is 37.2 Å². The molecule has 1 heterocycles. The predicted octanol–water partition coefficient (Wildman–Crippen LogP) is 2.15. The largest absolute Gasteiger partial charge is 0.391 e. The Morgan fingerprint density at radius 3 is 2.55 bits per heavy atom.